The minimum absolute atomic E-state index is 0.232. The van der Waals surface area contributed by atoms with E-state index in [1.807, 2.05) is 14.0 Å². The summed E-state index contributed by atoms with van der Waals surface area (Å²) in [7, 11) is 1.99. The fraction of sp³-hybridized carbons (Fsp3) is 0.900. The van der Waals surface area contributed by atoms with E-state index in [1.165, 1.54) is 0 Å². The first-order chi connectivity index (χ1) is 7.02. The van der Waals surface area contributed by atoms with Gasteiger partial charge in [0.25, 0.3) is 0 Å². The highest BCUT2D eigenvalue weighted by Gasteiger charge is 2.28. The molecule has 3 atom stereocenters. The molecule has 0 radical (unpaired) electrons. The number of hydrogen-bond donors (Lipinski definition) is 2. The lowest BCUT2D eigenvalue weighted by Crippen LogP contribution is -2.40. The molecule has 0 bridgehead atoms. The average molecular weight is 216 g/mol. The molecule has 1 heterocycles. The van der Waals surface area contributed by atoms with E-state index in [4.69, 9.17) is 15.6 Å². The summed E-state index contributed by atoms with van der Waals surface area (Å²) in [6.07, 6.45) is 1.73. The van der Waals surface area contributed by atoms with Crippen molar-refractivity contribution in [3.8, 4) is 0 Å². The Balaban J connectivity index is 2.29. The molecule has 3 unspecified atom stereocenters. The van der Waals surface area contributed by atoms with Gasteiger partial charge in [0.15, 0.2) is 0 Å². The maximum atomic E-state index is 10.5. The Bertz CT molecular complexity index is 223. The van der Waals surface area contributed by atoms with Crippen LogP contribution in [0.2, 0.25) is 0 Å². The predicted molar refractivity (Wildman–Crippen MR) is 56.7 cm³/mol. The number of likely N-dealkylation sites (N-methyl/N-ethyl adjacent to an activating group) is 1. The first-order valence-corrected chi connectivity index (χ1v) is 5.32. The summed E-state index contributed by atoms with van der Waals surface area (Å²) in [5, 5.41) is 8.64. The fourth-order valence-electron chi connectivity index (χ4n) is 1.93. The van der Waals surface area contributed by atoms with Gasteiger partial charge in [-0.3, -0.25) is 4.79 Å². The minimum atomic E-state index is -0.931. The first-order valence-electron chi connectivity index (χ1n) is 5.32. The van der Waals surface area contributed by atoms with Crippen LogP contribution in [0.15, 0.2) is 0 Å². The van der Waals surface area contributed by atoms with E-state index in [-0.39, 0.29) is 6.10 Å². The van der Waals surface area contributed by atoms with Gasteiger partial charge in [-0.1, -0.05) is 0 Å². The second-order valence-corrected chi connectivity index (χ2v) is 4.15. The highest BCUT2D eigenvalue weighted by Crippen LogP contribution is 2.18. The summed E-state index contributed by atoms with van der Waals surface area (Å²) in [5.74, 6) is -0.931. The highest BCUT2D eigenvalue weighted by atomic mass is 16.5. The molecule has 0 aliphatic carbocycles. The predicted octanol–water partition coefficient (Wildman–Crippen LogP) is -0.102. The number of rotatable bonds is 5. The molecule has 0 amide bonds. The molecule has 0 aromatic rings. The molecule has 15 heavy (non-hydrogen) atoms. The Kier molecular flexibility index (Phi) is 4.50. The molecular weight excluding hydrogens is 196 g/mol. The van der Waals surface area contributed by atoms with Gasteiger partial charge in [-0.05, 0) is 26.8 Å². The van der Waals surface area contributed by atoms with E-state index in [0.717, 1.165) is 13.0 Å². The molecule has 88 valence electrons. The van der Waals surface area contributed by atoms with Crippen molar-refractivity contribution in [2.45, 2.75) is 38.0 Å². The number of carboxylic acid groups (broad SMARTS) is 1. The van der Waals surface area contributed by atoms with Crippen LogP contribution in [0.1, 0.15) is 19.8 Å². The Morgan fingerprint density at radius 1 is 1.73 bits per heavy atom. The number of hydrogen-bond acceptors (Lipinski definition) is 4. The van der Waals surface area contributed by atoms with Gasteiger partial charge in [0.1, 0.15) is 6.04 Å². The maximum absolute atomic E-state index is 10.5. The van der Waals surface area contributed by atoms with Crippen molar-refractivity contribution in [2.24, 2.45) is 5.73 Å². The number of aliphatic carboxylic acids is 1. The third-order valence-corrected chi connectivity index (χ3v) is 3.01. The van der Waals surface area contributed by atoms with Gasteiger partial charge >= 0.3 is 5.97 Å². The van der Waals surface area contributed by atoms with Gasteiger partial charge < -0.3 is 20.5 Å². The second-order valence-electron chi connectivity index (χ2n) is 4.15. The van der Waals surface area contributed by atoms with Crippen LogP contribution >= 0.6 is 0 Å². The molecule has 0 spiro atoms. The van der Waals surface area contributed by atoms with E-state index in [9.17, 15) is 4.79 Å². The van der Waals surface area contributed by atoms with Crippen LogP contribution < -0.4 is 5.73 Å². The van der Waals surface area contributed by atoms with E-state index in [2.05, 4.69) is 4.90 Å². The van der Waals surface area contributed by atoms with E-state index < -0.39 is 12.0 Å². The van der Waals surface area contributed by atoms with E-state index in [1.54, 1.807) is 0 Å². The lowest BCUT2D eigenvalue weighted by Gasteiger charge is -2.26. The maximum Gasteiger partial charge on any atom is 0.320 e. The van der Waals surface area contributed by atoms with Crippen LogP contribution in [0.25, 0.3) is 0 Å². The molecule has 1 aliphatic rings. The Morgan fingerprint density at radius 2 is 2.40 bits per heavy atom. The van der Waals surface area contributed by atoms with E-state index >= 15 is 0 Å². The Hall–Kier alpha value is -0.650. The lowest BCUT2D eigenvalue weighted by atomic mass is 10.1. The molecule has 1 saturated heterocycles. The van der Waals surface area contributed by atoms with Crippen molar-refractivity contribution in [3.63, 3.8) is 0 Å². The Labute approximate surface area is 90.2 Å². The normalized spacial score (nSPS) is 28.3. The van der Waals surface area contributed by atoms with Crippen molar-refractivity contribution in [1.29, 1.82) is 0 Å². The topological polar surface area (TPSA) is 75.8 Å². The van der Waals surface area contributed by atoms with Crippen LogP contribution in [-0.2, 0) is 9.53 Å². The summed E-state index contributed by atoms with van der Waals surface area (Å²) >= 11 is 0. The highest BCUT2D eigenvalue weighted by molar-refractivity contribution is 5.72. The molecular formula is C10H20N2O3. The summed E-state index contributed by atoms with van der Waals surface area (Å²) in [6.45, 7) is 3.54. The number of carboxylic acids is 1. The van der Waals surface area contributed by atoms with Crippen molar-refractivity contribution in [3.05, 3.63) is 0 Å². The summed E-state index contributed by atoms with van der Waals surface area (Å²) < 4.78 is 5.45. The quantitative estimate of drug-likeness (QED) is 0.671. The standard InChI is InChI=1S/C10H20N2O3/c1-7-9(4-6-15-7)12(2)5-3-8(11)10(13)14/h7-9H,3-6,11H2,1-2H3,(H,13,14). The molecule has 1 aliphatic heterocycles. The van der Waals surface area contributed by atoms with Gasteiger partial charge in [0.2, 0.25) is 0 Å². The summed E-state index contributed by atoms with van der Waals surface area (Å²) in [6, 6.07) is -0.365. The van der Waals surface area contributed by atoms with E-state index in [0.29, 0.717) is 19.0 Å². The molecule has 0 saturated carbocycles. The third kappa shape index (κ3) is 3.44. The fourth-order valence-corrected chi connectivity index (χ4v) is 1.93. The SMILES string of the molecule is CC1OCCC1N(C)CCC(N)C(=O)O. The average Bonchev–Trinajstić information content (AvgIpc) is 2.60. The molecule has 5 heteroatoms. The zero-order valence-electron chi connectivity index (χ0n) is 9.35. The molecule has 1 fully saturated rings. The van der Waals surface area contributed by atoms with Gasteiger partial charge in [0.05, 0.1) is 6.10 Å². The summed E-state index contributed by atoms with van der Waals surface area (Å²) in [5.41, 5.74) is 5.44. The summed E-state index contributed by atoms with van der Waals surface area (Å²) in [4.78, 5) is 12.7. The van der Waals surface area contributed by atoms with Crippen molar-refractivity contribution in [1.82, 2.24) is 4.90 Å². The number of nitrogens with two attached hydrogens (primary N) is 1. The molecule has 3 N–H and O–H groups in total. The largest absolute Gasteiger partial charge is 0.480 e. The van der Waals surface area contributed by atoms with Gasteiger partial charge in [-0.2, -0.15) is 0 Å². The van der Waals surface area contributed by atoms with Crippen LogP contribution in [0, 0.1) is 0 Å². The van der Waals surface area contributed by atoms with Gasteiger partial charge in [-0.15, -0.1) is 0 Å². The number of ether oxygens (including phenoxy) is 1. The first kappa shape index (κ1) is 12.4. The number of carbonyl (C=O) groups is 1. The number of nitrogens with zero attached hydrogens (tertiary/aromatic N) is 1. The zero-order valence-corrected chi connectivity index (χ0v) is 9.35. The Morgan fingerprint density at radius 3 is 2.87 bits per heavy atom. The molecule has 1 rings (SSSR count). The van der Waals surface area contributed by atoms with Crippen molar-refractivity contribution >= 4 is 5.97 Å². The van der Waals surface area contributed by atoms with Gasteiger partial charge in [0, 0.05) is 19.2 Å². The minimum Gasteiger partial charge on any atom is -0.480 e. The monoisotopic (exact) mass is 216 g/mol. The molecule has 5 nitrogen and oxygen atoms in total. The zero-order chi connectivity index (χ0) is 11.4. The second kappa shape index (κ2) is 5.44. The van der Waals surface area contributed by atoms with Crippen LogP contribution in [0.5, 0.6) is 0 Å². The molecule has 0 aromatic carbocycles. The lowest BCUT2D eigenvalue weighted by molar-refractivity contribution is -0.138. The van der Waals surface area contributed by atoms with Crippen LogP contribution in [0.3, 0.4) is 0 Å². The van der Waals surface area contributed by atoms with Crippen LogP contribution in [-0.4, -0.2) is 54.4 Å². The van der Waals surface area contributed by atoms with Crippen molar-refractivity contribution < 1.29 is 14.6 Å². The van der Waals surface area contributed by atoms with Gasteiger partial charge in [-0.25, -0.2) is 0 Å². The van der Waals surface area contributed by atoms with Crippen LogP contribution in [0.4, 0.5) is 0 Å². The third-order valence-electron chi connectivity index (χ3n) is 3.01. The molecule has 0 aromatic heterocycles. The smallest absolute Gasteiger partial charge is 0.320 e. The van der Waals surface area contributed by atoms with Crippen molar-refractivity contribution in [2.75, 3.05) is 20.2 Å².